The summed E-state index contributed by atoms with van der Waals surface area (Å²) in [6.45, 7) is 3.88. The van der Waals surface area contributed by atoms with Crippen molar-refractivity contribution in [3.05, 3.63) is 29.8 Å². The number of hydrogen-bond donors (Lipinski definition) is 0. The van der Waals surface area contributed by atoms with E-state index in [0.717, 1.165) is 38.0 Å². The normalized spacial score (nSPS) is 23.2. The van der Waals surface area contributed by atoms with E-state index >= 15 is 0 Å². The molecule has 4 rings (SSSR count). The van der Waals surface area contributed by atoms with Gasteiger partial charge >= 0.3 is 0 Å². The standard InChI is InChI=1S/C20H26N2O4/c23-19(15-3-4-15)21-9-11-22(12-10-21)20(24)16-5-7-17(8-6-16)26-14-18-2-1-13-25-18/h5-8,15,18H,1-4,9-14H2. The number of nitrogens with zero attached hydrogens (tertiary/aromatic N) is 2. The molecule has 1 atom stereocenters. The summed E-state index contributed by atoms with van der Waals surface area (Å²) in [5.41, 5.74) is 0.663. The van der Waals surface area contributed by atoms with Crippen molar-refractivity contribution < 1.29 is 19.1 Å². The molecule has 0 spiro atoms. The van der Waals surface area contributed by atoms with E-state index in [9.17, 15) is 9.59 Å². The first-order valence-corrected chi connectivity index (χ1v) is 9.63. The van der Waals surface area contributed by atoms with Crippen LogP contribution in [0.3, 0.4) is 0 Å². The van der Waals surface area contributed by atoms with E-state index in [1.165, 1.54) is 0 Å². The maximum Gasteiger partial charge on any atom is 0.253 e. The van der Waals surface area contributed by atoms with Crippen LogP contribution in [0.1, 0.15) is 36.0 Å². The molecule has 1 aromatic rings. The average Bonchev–Trinajstić information content (AvgIpc) is 3.41. The molecule has 6 nitrogen and oxygen atoms in total. The van der Waals surface area contributed by atoms with E-state index < -0.39 is 0 Å². The Morgan fingerprint density at radius 2 is 1.69 bits per heavy atom. The van der Waals surface area contributed by atoms with Crippen molar-refractivity contribution in [2.45, 2.75) is 31.8 Å². The number of benzene rings is 1. The fourth-order valence-electron chi connectivity index (χ4n) is 3.56. The Morgan fingerprint density at radius 1 is 1.00 bits per heavy atom. The van der Waals surface area contributed by atoms with Gasteiger partial charge in [0, 0.05) is 44.3 Å². The zero-order valence-corrected chi connectivity index (χ0v) is 15.1. The van der Waals surface area contributed by atoms with Gasteiger partial charge in [0.15, 0.2) is 0 Å². The highest BCUT2D eigenvalue weighted by Crippen LogP contribution is 2.31. The van der Waals surface area contributed by atoms with Gasteiger partial charge in [-0.2, -0.15) is 0 Å². The number of ether oxygens (including phenoxy) is 2. The smallest absolute Gasteiger partial charge is 0.253 e. The third-order valence-electron chi connectivity index (χ3n) is 5.37. The summed E-state index contributed by atoms with van der Waals surface area (Å²) in [5.74, 6) is 1.30. The van der Waals surface area contributed by atoms with Gasteiger partial charge in [-0.15, -0.1) is 0 Å². The summed E-state index contributed by atoms with van der Waals surface area (Å²) < 4.78 is 11.3. The second kappa shape index (κ2) is 7.66. The summed E-state index contributed by atoms with van der Waals surface area (Å²) in [4.78, 5) is 28.5. The first kappa shape index (κ1) is 17.3. The Balaban J connectivity index is 1.27. The molecule has 1 unspecified atom stereocenters. The molecule has 0 aromatic heterocycles. The van der Waals surface area contributed by atoms with E-state index in [1.807, 2.05) is 34.1 Å². The van der Waals surface area contributed by atoms with Crippen LogP contribution in [0.4, 0.5) is 0 Å². The van der Waals surface area contributed by atoms with E-state index in [-0.39, 0.29) is 23.8 Å². The van der Waals surface area contributed by atoms with Crippen LogP contribution in [0, 0.1) is 5.92 Å². The predicted molar refractivity (Wildman–Crippen MR) is 96.1 cm³/mol. The minimum absolute atomic E-state index is 0.0224. The highest BCUT2D eigenvalue weighted by atomic mass is 16.5. The lowest BCUT2D eigenvalue weighted by atomic mass is 10.1. The number of hydrogen-bond acceptors (Lipinski definition) is 4. The maximum atomic E-state index is 12.7. The zero-order chi connectivity index (χ0) is 17.9. The van der Waals surface area contributed by atoms with Crippen LogP contribution in [0.25, 0.3) is 0 Å². The molecule has 2 saturated heterocycles. The van der Waals surface area contributed by atoms with Crippen molar-refractivity contribution in [2.24, 2.45) is 5.92 Å². The van der Waals surface area contributed by atoms with Gasteiger partial charge < -0.3 is 19.3 Å². The van der Waals surface area contributed by atoms with Gasteiger partial charge in [0.2, 0.25) is 5.91 Å². The van der Waals surface area contributed by atoms with Crippen molar-refractivity contribution in [2.75, 3.05) is 39.4 Å². The van der Waals surface area contributed by atoms with E-state index in [4.69, 9.17) is 9.47 Å². The molecular formula is C20H26N2O4. The van der Waals surface area contributed by atoms with Crippen molar-refractivity contribution >= 4 is 11.8 Å². The quantitative estimate of drug-likeness (QED) is 0.807. The van der Waals surface area contributed by atoms with E-state index in [1.54, 1.807) is 0 Å². The number of amides is 2. The van der Waals surface area contributed by atoms with Gasteiger partial charge in [0.1, 0.15) is 12.4 Å². The van der Waals surface area contributed by atoms with Crippen LogP contribution >= 0.6 is 0 Å². The Labute approximate surface area is 154 Å². The fraction of sp³-hybridized carbons (Fsp3) is 0.600. The molecule has 2 amide bonds. The highest BCUT2D eigenvalue weighted by molar-refractivity contribution is 5.94. The van der Waals surface area contributed by atoms with Gasteiger partial charge in [0.25, 0.3) is 5.91 Å². The van der Waals surface area contributed by atoms with Gasteiger partial charge in [-0.1, -0.05) is 0 Å². The predicted octanol–water partition coefficient (Wildman–Crippen LogP) is 1.94. The molecule has 1 saturated carbocycles. The first-order chi connectivity index (χ1) is 12.7. The third kappa shape index (κ3) is 4.01. The molecular weight excluding hydrogens is 332 g/mol. The Kier molecular flexibility index (Phi) is 5.11. The van der Waals surface area contributed by atoms with Gasteiger partial charge in [-0.3, -0.25) is 9.59 Å². The van der Waals surface area contributed by atoms with Crippen molar-refractivity contribution in [1.29, 1.82) is 0 Å². The average molecular weight is 358 g/mol. The van der Waals surface area contributed by atoms with Gasteiger partial charge in [0.05, 0.1) is 6.10 Å². The topological polar surface area (TPSA) is 59.1 Å². The van der Waals surface area contributed by atoms with Crippen LogP contribution in [-0.2, 0) is 9.53 Å². The molecule has 3 aliphatic rings. The van der Waals surface area contributed by atoms with Gasteiger partial charge in [-0.25, -0.2) is 0 Å². The number of piperazine rings is 1. The summed E-state index contributed by atoms with van der Waals surface area (Å²) in [6, 6.07) is 7.31. The maximum absolute atomic E-state index is 12.7. The Bertz CT molecular complexity index is 642. The Hall–Kier alpha value is -2.08. The summed E-state index contributed by atoms with van der Waals surface area (Å²) in [6.07, 6.45) is 4.39. The zero-order valence-electron chi connectivity index (χ0n) is 15.1. The molecule has 140 valence electrons. The molecule has 6 heteroatoms. The lowest BCUT2D eigenvalue weighted by molar-refractivity contribution is -0.134. The van der Waals surface area contributed by atoms with Crippen LogP contribution in [0.2, 0.25) is 0 Å². The minimum atomic E-state index is 0.0224. The van der Waals surface area contributed by atoms with E-state index in [0.29, 0.717) is 38.3 Å². The first-order valence-electron chi connectivity index (χ1n) is 9.63. The molecule has 1 aromatic carbocycles. The van der Waals surface area contributed by atoms with Crippen LogP contribution < -0.4 is 4.74 Å². The van der Waals surface area contributed by atoms with Crippen LogP contribution in [-0.4, -0.2) is 67.1 Å². The number of carbonyl (C=O) groups excluding carboxylic acids is 2. The lowest BCUT2D eigenvalue weighted by Gasteiger charge is -2.35. The molecule has 26 heavy (non-hydrogen) atoms. The van der Waals surface area contributed by atoms with E-state index in [2.05, 4.69) is 0 Å². The molecule has 3 fully saturated rings. The fourth-order valence-corrected chi connectivity index (χ4v) is 3.56. The molecule has 0 bridgehead atoms. The summed E-state index contributed by atoms with van der Waals surface area (Å²) in [7, 11) is 0. The number of carbonyl (C=O) groups is 2. The second-order valence-electron chi connectivity index (χ2n) is 7.36. The second-order valence-corrected chi connectivity index (χ2v) is 7.36. The molecule has 2 heterocycles. The molecule has 0 N–H and O–H groups in total. The van der Waals surface area contributed by atoms with Crippen molar-refractivity contribution in [1.82, 2.24) is 9.80 Å². The summed E-state index contributed by atoms with van der Waals surface area (Å²) >= 11 is 0. The monoisotopic (exact) mass is 358 g/mol. The van der Waals surface area contributed by atoms with Gasteiger partial charge in [-0.05, 0) is 49.9 Å². The largest absolute Gasteiger partial charge is 0.491 e. The SMILES string of the molecule is O=C(c1ccc(OCC2CCCO2)cc1)N1CCN(C(=O)C2CC2)CC1. The third-order valence-corrected chi connectivity index (χ3v) is 5.37. The van der Waals surface area contributed by atoms with Crippen LogP contribution in [0.15, 0.2) is 24.3 Å². The molecule has 2 aliphatic heterocycles. The highest BCUT2D eigenvalue weighted by Gasteiger charge is 2.35. The Morgan fingerprint density at radius 3 is 2.31 bits per heavy atom. The van der Waals surface area contributed by atoms with Crippen molar-refractivity contribution in [3.63, 3.8) is 0 Å². The molecule has 0 radical (unpaired) electrons. The number of rotatable bonds is 5. The lowest BCUT2D eigenvalue weighted by Crippen LogP contribution is -2.51. The van der Waals surface area contributed by atoms with Crippen molar-refractivity contribution in [3.8, 4) is 5.75 Å². The summed E-state index contributed by atoms with van der Waals surface area (Å²) in [5, 5.41) is 0. The van der Waals surface area contributed by atoms with Crippen LogP contribution in [0.5, 0.6) is 5.75 Å². The minimum Gasteiger partial charge on any atom is -0.491 e. The molecule has 1 aliphatic carbocycles.